The third-order valence-corrected chi connectivity index (χ3v) is 6.83. The minimum atomic E-state index is -3.74. The van der Waals surface area contributed by atoms with Crippen LogP contribution in [-0.4, -0.2) is 50.8 Å². The Labute approximate surface area is 165 Å². The van der Waals surface area contributed by atoms with Crippen LogP contribution in [0.2, 0.25) is 0 Å². The molecule has 1 saturated heterocycles. The van der Waals surface area contributed by atoms with Gasteiger partial charge in [-0.15, -0.1) is 0 Å². The van der Waals surface area contributed by atoms with Crippen molar-refractivity contribution < 1.29 is 22.4 Å². The molecule has 1 aromatic heterocycles. The van der Waals surface area contributed by atoms with Gasteiger partial charge in [0.15, 0.2) is 0 Å². The lowest BCUT2D eigenvalue weighted by molar-refractivity contribution is 0.0775. The van der Waals surface area contributed by atoms with Crippen LogP contribution in [0.25, 0.3) is 0 Å². The minimum Gasteiger partial charge on any atom is -0.495 e. The highest BCUT2D eigenvalue weighted by atomic mass is 32.2. The highest BCUT2D eigenvalue weighted by Gasteiger charge is 2.29. The molecule has 2 heterocycles. The van der Waals surface area contributed by atoms with E-state index in [4.69, 9.17) is 9.15 Å². The van der Waals surface area contributed by atoms with Gasteiger partial charge in [-0.3, -0.25) is 4.79 Å². The Hall–Kier alpha value is -2.32. The first-order chi connectivity index (χ1) is 13.4. The van der Waals surface area contributed by atoms with Crippen LogP contribution >= 0.6 is 0 Å². The number of methoxy groups -OCH3 is 1. The van der Waals surface area contributed by atoms with Crippen LogP contribution in [0.5, 0.6) is 5.75 Å². The lowest BCUT2D eigenvalue weighted by Crippen LogP contribution is -2.32. The SMILES string of the molecule is COc1ccc(C(=O)N(C)Cc2ccco2)cc1S(=O)(=O)N1CCCCCC1. The molecule has 2 aromatic rings. The Kier molecular flexibility index (Phi) is 6.41. The number of carbonyl (C=O) groups excluding carboxylic acids is 1. The molecule has 3 rings (SSSR count). The van der Waals surface area contributed by atoms with Gasteiger partial charge in [-0.05, 0) is 43.2 Å². The monoisotopic (exact) mass is 406 g/mol. The molecule has 152 valence electrons. The number of ether oxygens (including phenoxy) is 1. The van der Waals surface area contributed by atoms with E-state index in [0.29, 0.717) is 31.0 Å². The van der Waals surface area contributed by atoms with E-state index in [-0.39, 0.29) is 16.6 Å². The standard InChI is InChI=1S/C20H26N2O5S/c1-21(15-17-8-7-13-27-17)20(23)16-9-10-18(26-2)19(14-16)28(24,25)22-11-5-3-4-6-12-22/h7-10,13-14H,3-6,11-12,15H2,1-2H3. The zero-order valence-electron chi connectivity index (χ0n) is 16.3. The highest BCUT2D eigenvalue weighted by Crippen LogP contribution is 2.30. The third kappa shape index (κ3) is 4.39. The van der Waals surface area contributed by atoms with Crippen LogP contribution in [0.15, 0.2) is 45.9 Å². The van der Waals surface area contributed by atoms with E-state index in [2.05, 4.69) is 0 Å². The molecule has 1 aliphatic rings. The summed E-state index contributed by atoms with van der Waals surface area (Å²) in [5.74, 6) is 0.614. The van der Waals surface area contributed by atoms with Crippen LogP contribution in [-0.2, 0) is 16.6 Å². The van der Waals surface area contributed by atoms with Crippen molar-refractivity contribution in [1.29, 1.82) is 0 Å². The molecular formula is C20H26N2O5S. The molecule has 8 heteroatoms. The Bertz CT molecular complexity index is 901. The first-order valence-corrected chi connectivity index (χ1v) is 10.8. The maximum atomic E-state index is 13.2. The number of furan rings is 1. The van der Waals surface area contributed by atoms with E-state index in [9.17, 15) is 13.2 Å². The topological polar surface area (TPSA) is 80.1 Å². The second-order valence-corrected chi connectivity index (χ2v) is 8.83. The molecule has 1 aliphatic heterocycles. The molecule has 1 fully saturated rings. The van der Waals surface area contributed by atoms with E-state index in [1.54, 1.807) is 37.6 Å². The van der Waals surface area contributed by atoms with Crippen molar-refractivity contribution in [3.05, 3.63) is 47.9 Å². The van der Waals surface area contributed by atoms with E-state index >= 15 is 0 Å². The van der Waals surface area contributed by atoms with Gasteiger partial charge in [-0.1, -0.05) is 12.8 Å². The molecular weight excluding hydrogens is 380 g/mol. The molecule has 0 unspecified atom stereocenters. The highest BCUT2D eigenvalue weighted by molar-refractivity contribution is 7.89. The van der Waals surface area contributed by atoms with Gasteiger partial charge in [0.1, 0.15) is 16.4 Å². The number of rotatable bonds is 6. The number of nitrogens with zero attached hydrogens (tertiary/aromatic N) is 2. The first-order valence-electron chi connectivity index (χ1n) is 9.39. The number of hydrogen-bond donors (Lipinski definition) is 0. The average Bonchev–Trinajstić information content (AvgIpc) is 3.04. The van der Waals surface area contributed by atoms with Crippen molar-refractivity contribution in [1.82, 2.24) is 9.21 Å². The second kappa shape index (κ2) is 8.79. The number of amides is 1. The van der Waals surface area contributed by atoms with Crippen LogP contribution in [0.1, 0.15) is 41.8 Å². The van der Waals surface area contributed by atoms with Crippen LogP contribution < -0.4 is 4.74 Å². The molecule has 0 spiro atoms. The fourth-order valence-electron chi connectivity index (χ4n) is 3.36. The van der Waals surface area contributed by atoms with Crippen LogP contribution in [0.3, 0.4) is 0 Å². The summed E-state index contributed by atoms with van der Waals surface area (Å²) in [6.07, 6.45) is 5.28. The Morgan fingerprint density at radius 2 is 1.89 bits per heavy atom. The summed E-state index contributed by atoms with van der Waals surface area (Å²) in [5.41, 5.74) is 0.295. The molecule has 0 saturated carbocycles. The van der Waals surface area contributed by atoms with Crippen molar-refractivity contribution in [3.63, 3.8) is 0 Å². The van der Waals surface area contributed by atoms with Gasteiger partial charge in [0.25, 0.3) is 5.91 Å². The predicted molar refractivity (Wildman–Crippen MR) is 105 cm³/mol. The lowest BCUT2D eigenvalue weighted by atomic mass is 10.2. The van der Waals surface area contributed by atoms with Gasteiger partial charge in [-0.2, -0.15) is 4.31 Å². The Morgan fingerprint density at radius 3 is 2.50 bits per heavy atom. The molecule has 7 nitrogen and oxygen atoms in total. The fraction of sp³-hybridized carbons (Fsp3) is 0.450. The van der Waals surface area contributed by atoms with E-state index in [1.165, 1.54) is 22.4 Å². The minimum absolute atomic E-state index is 0.0362. The van der Waals surface area contributed by atoms with Crippen LogP contribution in [0.4, 0.5) is 0 Å². The number of benzene rings is 1. The van der Waals surface area contributed by atoms with E-state index < -0.39 is 10.0 Å². The Morgan fingerprint density at radius 1 is 1.18 bits per heavy atom. The number of carbonyl (C=O) groups is 1. The molecule has 0 aliphatic carbocycles. The van der Waals surface area contributed by atoms with Gasteiger partial charge in [0, 0.05) is 25.7 Å². The smallest absolute Gasteiger partial charge is 0.254 e. The van der Waals surface area contributed by atoms with Gasteiger partial charge in [0.05, 0.1) is 19.9 Å². The molecule has 1 aromatic carbocycles. The van der Waals surface area contributed by atoms with Crippen molar-refractivity contribution >= 4 is 15.9 Å². The van der Waals surface area contributed by atoms with Crippen LogP contribution in [0, 0.1) is 0 Å². The van der Waals surface area contributed by atoms with E-state index in [0.717, 1.165) is 25.7 Å². The second-order valence-electron chi connectivity index (χ2n) is 6.92. The Balaban J connectivity index is 1.89. The van der Waals surface area contributed by atoms with Crippen molar-refractivity contribution in [2.75, 3.05) is 27.2 Å². The van der Waals surface area contributed by atoms with E-state index in [1.807, 2.05) is 0 Å². The molecule has 28 heavy (non-hydrogen) atoms. The zero-order valence-corrected chi connectivity index (χ0v) is 17.1. The van der Waals surface area contributed by atoms with Gasteiger partial charge in [0.2, 0.25) is 10.0 Å². The number of hydrogen-bond acceptors (Lipinski definition) is 5. The number of sulfonamides is 1. The first kappa shape index (κ1) is 20.4. The summed E-state index contributed by atoms with van der Waals surface area (Å²) in [5, 5.41) is 0. The molecule has 1 amide bonds. The summed E-state index contributed by atoms with van der Waals surface area (Å²) in [6, 6.07) is 8.08. The summed E-state index contributed by atoms with van der Waals surface area (Å²) < 4.78 is 38.5. The van der Waals surface area contributed by atoms with Gasteiger partial charge in [-0.25, -0.2) is 8.42 Å². The average molecular weight is 407 g/mol. The summed E-state index contributed by atoms with van der Waals surface area (Å²) in [6.45, 7) is 1.27. The lowest BCUT2D eigenvalue weighted by Gasteiger charge is -2.22. The molecule has 0 N–H and O–H groups in total. The van der Waals surface area contributed by atoms with Gasteiger partial charge < -0.3 is 14.1 Å². The maximum absolute atomic E-state index is 13.2. The summed E-state index contributed by atoms with van der Waals surface area (Å²) in [4.78, 5) is 14.3. The quantitative estimate of drug-likeness (QED) is 0.736. The van der Waals surface area contributed by atoms with Crippen molar-refractivity contribution in [3.8, 4) is 5.75 Å². The predicted octanol–water partition coefficient (Wildman–Crippen LogP) is 3.13. The fourth-order valence-corrected chi connectivity index (χ4v) is 5.06. The summed E-state index contributed by atoms with van der Waals surface area (Å²) in [7, 11) is -0.658. The molecule has 0 atom stereocenters. The normalized spacial score (nSPS) is 15.8. The van der Waals surface area contributed by atoms with Crippen molar-refractivity contribution in [2.24, 2.45) is 0 Å². The zero-order chi connectivity index (χ0) is 20.1. The molecule has 0 bridgehead atoms. The maximum Gasteiger partial charge on any atom is 0.254 e. The largest absolute Gasteiger partial charge is 0.495 e. The third-order valence-electron chi connectivity index (χ3n) is 4.91. The molecule has 0 radical (unpaired) electrons. The van der Waals surface area contributed by atoms with Crippen molar-refractivity contribution in [2.45, 2.75) is 37.1 Å². The summed E-state index contributed by atoms with van der Waals surface area (Å²) >= 11 is 0. The van der Waals surface area contributed by atoms with Gasteiger partial charge >= 0.3 is 0 Å².